The number of hydrogen-bond acceptors (Lipinski definition) is 0. The Morgan fingerprint density at radius 3 is 1.17 bits per heavy atom. The Bertz CT molecular complexity index is 7.51. The quantitative estimate of drug-likeness (QED) is 0.391. The molecule has 0 bridgehead atoms. The molecule has 5 heteroatoms. The van der Waals surface area contributed by atoms with Crippen molar-refractivity contribution in [2.75, 3.05) is 5.50 Å². The number of halogens is 4. The maximum atomic E-state index is 5.06. The molecule has 0 N–H and O–H groups in total. The summed E-state index contributed by atoms with van der Waals surface area (Å²) >= 11 is 5.06. The van der Waals surface area contributed by atoms with E-state index in [0.717, 1.165) is 15.7 Å². The van der Waals surface area contributed by atoms with Gasteiger partial charge in [0.1, 0.15) is 0 Å². The van der Waals surface area contributed by atoms with Crippen LogP contribution in [-0.2, 0) is 0 Å². The Morgan fingerprint density at radius 2 is 1.17 bits per heavy atom. The van der Waals surface area contributed by atoms with E-state index in [1.54, 1.807) is 0 Å². The van der Waals surface area contributed by atoms with Gasteiger partial charge in [0.25, 0.3) is 0 Å². The Balaban J connectivity index is -0.00000000667. The highest BCUT2D eigenvalue weighted by atomic mass is 35.5. The Labute approximate surface area is 64.7 Å². The smallest absolute Gasteiger partial charge is 0.0215 e. The van der Waals surface area contributed by atoms with Gasteiger partial charge in [0, 0.05) is 15.7 Å². The molecular weight excluding hydrogens is 182 g/mol. The van der Waals surface area contributed by atoms with Crippen molar-refractivity contribution in [3.8, 4) is 0 Å². The van der Waals surface area contributed by atoms with E-state index >= 15 is 0 Å². The molecule has 0 saturated heterocycles. The molecule has 0 saturated carbocycles. The minimum Gasteiger partial charge on any atom is -0.147 e. The summed E-state index contributed by atoms with van der Waals surface area (Å²) in [5.41, 5.74) is 0.861. The summed E-state index contributed by atoms with van der Waals surface area (Å²) in [5.74, 6) is 0. The highest BCUT2D eigenvalue weighted by molar-refractivity contribution is 6.36. The monoisotopic (exact) mass is 188 g/mol. The summed E-state index contributed by atoms with van der Waals surface area (Å²) in [5, 5.41) is 0. The van der Waals surface area contributed by atoms with Crippen LogP contribution in [0.25, 0.3) is 0 Å². The molecule has 0 amide bonds. The van der Waals surface area contributed by atoms with Gasteiger partial charge >= 0.3 is 0 Å². The second kappa shape index (κ2) is 32.6. The van der Waals surface area contributed by atoms with Gasteiger partial charge in [-0.25, -0.2) is 0 Å². The Kier molecular flexibility index (Phi) is 143. The van der Waals surface area contributed by atoms with Crippen LogP contribution in [0.5, 0.6) is 0 Å². The zero-order valence-corrected chi connectivity index (χ0v) is 8.52. The molecular formula is CH8Cl4Si. The summed E-state index contributed by atoms with van der Waals surface area (Å²) in [4.78, 5) is 0. The molecule has 0 rings (SSSR count). The second-order valence-electron chi connectivity index (χ2n) is 0.267. The molecule has 44 valence electrons. The lowest BCUT2D eigenvalue weighted by atomic mass is 11.9. The van der Waals surface area contributed by atoms with Gasteiger partial charge in [-0.05, 0) is 0 Å². The lowest BCUT2D eigenvalue weighted by Gasteiger charge is -1.44. The molecule has 0 aromatic heterocycles. The SMILES string of the molecule is Cl.Cl.Cl.[SiH3]CCl. The first-order valence-corrected chi connectivity index (χ1v) is 2.92. The molecule has 6 heavy (non-hydrogen) atoms. The second-order valence-corrected chi connectivity index (χ2v) is 2.41. The van der Waals surface area contributed by atoms with Crippen LogP contribution >= 0.6 is 48.8 Å². The van der Waals surface area contributed by atoms with Crippen LogP contribution in [0.3, 0.4) is 0 Å². The fourth-order valence-corrected chi connectivity index (χ4v) is 0. The van der Waals surface area contributed by atoms with Crippen molar-refractivity contribution in [2.24, 2.45) is 0 Å². The van der Waals surface area contributed by atoms with Crippen LogP contribution in [0.15, 0.2) is 0 Å². The van der Waals surface area contributed by atoms with Crippen LogP contribution < -0.4 is 0 Å². The maximum Gasteiger partial charge on any atom is 0.0215 e. The van der Waals surface area contributed by atoms with Crippen LogP contribution in [0.1, 0.15) is 0 Å². The van der Waals surface area contributed by atoms with Crippen LogP contribution in [0.2, 0.25) is 0 Å². The molecule has 0 spiro atoms. The Morgan fingerprint density at radius 1 is 1.17 bits per heavy atom. The van der Waals surface area contributed by atoms with Crippen molar-refractivity contribution in [3.63, 3.8) is 0 Å². The third kappa shape index (κ3) is 54.3. The van der Waals surface area contributed by atoms with E-state index in [0.29, 0.717) is 0 Å². The van der Waals surface area contributed by atoms with Gasteiger partial charge in [-0.3, -0.25) is 0 Å². The zero-order chi connectivity index (χ0) is 2.71. The van der Waals surface area contributed by atoms with E-state index in [9.17, 15) is 0 Å². The normalized spacial score (nSPS) is 3.50. The van der Waals surface area contributed by atoms with E-state index in [1.165, 1.54) is 0 Å². The highest BCUT2D eigenvalue weighted by Crippen LogP contribution is 1.52. The van der Waals surface area contributed by atoms with Crippen molar-refractivity contribution < 1.29 is 0 Å². The molecule has 0 radical (unpaired) electrons. The fraction of sp³-hybridized carbons (Fsp3) is 1.00. The molecule has 0 aromatic carbocycles. The van der Waals surface area contributed by atoms with Crippen LogP contribution in [-0.4, -0.2) is 15.7 Å². The molecule has 0 nitrogen and oxygen atoms in total. The first-order valence-electron chi connectivity index (χ1n) is 0.974. The van der Waals surface area contributed by atoms with Crippen molar-refractivity contribution >= 4 is 59.1 Å². The van der Waals surface area contributed by atoms with Gasteiger partial charge in [0.15, 0.2) is 0 Å². The minimum atomic E-state index is 0. The van der Waals surface area contributed by atoms with Gasteiger partial charge in [-0.15, -0.1) is 48.8 Å². The Hall–Kier alpha value is 1.38. The van der Waals surface area contributed by atoms with Crippen LogP contribution in [0, 0.1) is 0 Å². The molecule has 0 aliphatic heterocycles. The van der Waals surface area contributed by atoms with Crippen molar-refractivity contribution in [3.05, 3.63) is 0 Å². The van der Waals surface area contributed by atoms with Crippen molar-refractivity contribution in [2.45, 2.75) is 0 Å². The fourth-order valence-electron chi connectivity index (χ4n) is 0. The largest absolute Gasteiger partial charge is 0.147 e. The van der Waals surface area contributed by atoms with Crippen molar-refractivity contribution in [1.82, 2.24) is 0 Å². The number of alkyl halides is 1. The summed E-state index contributed by atoms with van der Waals surface area (Å²) in [6.45, 7) is 0. The lowest BCUT2D eigenvalue weighted by molar-refractivity contribution is 2.20. The lowest BCUT2D eigenvalue weighted by Crippen LogP contribution is -1.53. The zero-order valence-electron chi connectivity index (χ0n) is 3.31. The van der Waals surface area contributed by atoms with Gasteiger partial charge < -0.3 is 0 Å². The van der Waals surface area contributed by atoms with E-state index < -0.39 is 0 Å². The standard InChI is InChI=1S/CH5ClSi.3ClH/c2-1-3;;;/h1H2,3H3;3*1H. The van der Waals surface area contributed by atoms with E-state index in [1.807, 2.05) is 0 Å². The average Bonchev–Trinajstić information content (AvgIpc) is 0.918. The number of rotatable bonds is 0. The molecule has 0 unspecified atom stereocenters. The molecule has 0 fully saturated rings. The summed E-state index contributed by atoms with van der Waals surface area (Å²) < 4.78 is 0. The summed E-state index contributed by atoms with van der Waals surface area (Å²) in [6, 6.07) is 0. The third-order valence-corrected chi connectivity index (χ3v) is 0. The summed E-state index contributed by atoms with van der Waals surface area (Å²) in [7, 11) is 1.13. The number of hydrogen-bond donors (Lipinski definition) is 0. The average molecular weight is 190 g/mol. The molecule has 0 aliphatic carbocycles. The molecule has 0 atom stereocenters. The third-order valence-electron chi connectivity index (χ3n) is 0. The highest BCUT2D eigenvalue weighted by Gasteiger charge is 1.39. The molecule has 0 aliphatic rings. The van der Waals surface area contributed by atoms with E-state index in [-0.39, 0.29) is 37.2 Å². The predicted octanol–water partition coefficient (Wildman–Crippen LogP) is 0.813. The summed E-state index contributed by atoms with van der Waals surface area (Å²) in [6.07, 6.45) is 0. The van der Waals surface area contributed by atoms with Gasteiger partial charge in [0.2, 0.25) is 0 Å². The first kappa shape index (κ1) is 26.3. The van der Waals surface area contributed by atoms with Gasteiger partial charge in [0.05, 0.1) is 0 Å². The topological polar surface area (TPSA) is 0 Å². The molecule has 0 heterocycles. The first-order chi connectivity index (χ1) is 1.41. The van der Waals surface area contributed by atoms with Gasteiger partial charge in [-0.2, -0.15) is 0 Å². The van der Waals surface area contributed by atoms with Crippen molar-refractivity contribution in [1.29, 1.82) is 0 Å². The minimum absolute atomic E-state index is 0. The maximum absolute atomic E-state index is 5.06. The van der Waals surface area contributed by atoms with E-state index in [4.69, 9.17) is 11.6 Å². The van der Waals surface area contributed by atoms with Crippen LogP contribution in [0.4, 0.5) is 0 Å². The molecule has 0 aromatic rings. The van der Waals surface area contributed by atoms with E-state index in [2.05, 4.69) is 0 Å². The van der Waals surface area contributed by atoms with Gasteiger partial charge in [-0.1, -0.05) is 0 Å². The predicted molar refractivity (Wildman–Crippen MR) is 42.4 cm³/mol.